The van der Waals surface area contributed by atoms with Crippen LogP contribution in [0.4, 0.5) is 5.69 Å². The van der Waals surface area contributed by atoms with Crippen LogP contribution in [0, 0.1) is 5.92 Å². The van der Waals surface area contributed by atoms with Gasteiger partial charge in [0.1, 0.15) is 6.04 Å². The number of hydrogen-bond donors (Lipinski definition) is 3. The summed E-state index contributed by atoms with van der Waals surface area (Å²) in [6.07, 6.45) is 0. The number of nitrogens with two attached hydrogens (primary N) is 1. The van der Waals surface area contributed by atoms with Crippen LogP contribution in [-0.2, 0) is 4.79 Å². The van der Waals surface area contributed by atoms with Crippen molar-refractivity contribution < 1.29 is 14.7 Å². The number of anilines is 1. The number of halogens is 1. The van der Waals surface area contributed by atoms with Crippen LogP contribution in [0.2, 0.25) is 5.02 Å². The van der Waals surface area contributed by atoms with Crippen molar-refractivity contribution in [2.75, 3.05) is 5.73 Å². The molecule has 0 unspecified atom stereocenters. The van der Waals surface area contributed by atoms with Crippen molar-refractivity contribution in [2.45, 2.75) is 19.9 Å². The highest BCUT2D eigenvalue weighted by molar-refractivity contribution is 6.33. The molecule has 0 aliphatic carbocycles. The second-order valence-electron chi connectivity index (χ2n) is 4.27. The number of nitrogen functional groups attached to an aromatic ring is 1. The van der Waals surface area contributed by atoms with Crippen LogP contribution in [0.1, 0.15) is 24.2 Å². The average molecular weight is 271 g/mol. The Hall–Kier alpha value is -1.75. The maximum atomic E-state index is 11.9. The topological polar surface area (TPSA) is 92.4 Å². The second kappa shape index (κ2) is 5.73. The summed E-state index contributed by atoms with van der Waals surface area (Å²) in [4.78, 5) is 22.8. The van der Waals surface area contributed by atoms with Crippen molar-refractivity contribution in [3.8, 4) is 0 Å². The number of benzene rings is 1. The fourth-order valence-electron chi connectivity index (χ4n) is 1.42. The van der Waals surface area contributed by atoms with Crippen molar-refractivity contribution in [1.29, 1.82) is 0 Å². The smallest absolute Gasteiger partial charge is 0.326 e. The molecule has 0 spiro atoms. The van der Waals surface area contributed by atoms with Crippen molar-refractivity contribution in [3.05, 3.63) is 28.8 Å². The van der Waals surface area contributed by atoms with Crippen LogP contribution in [-0.4, -0.2) is 23.0 Å². The van der Waals surface area contributed by atoms with E-state index in [1.165, 1.54) is 18.2 Å². The van der Waals surface area contributed by atoms with Gasteiger partial charge in [0.05, 0.1) is 10.7 Å². The minimum Gasteiger partial charge on any atom is -0.480 e. The van der Waals surface area contributed by atoms with Gasteiger partial charge >= 0.3 is 5.97 Å². The van der Waals surface area contributed by atoms with Crippen LogP contribution in [0.15, 0.2) is 18.2 Å². The number of amides is 1. The minimum atomic E-state index is -1.07. The van der Waals surface area contributed by atoms with Gasteiger partial charge in [-0.15, -0.1) is 0 Å². The molecule has 0 bridgehead atoms. The number of carbonyl (C=O) groups is 2. The predicted octanol–water partition coefficient (Wildman–Crippen LogP) is 1.76. The molecule has 0 radical (unpaired) electrons. The monoisotopic (exact) mass is 270 g/mol. The third-order valence-corrected chi connectivity index (χ3v) is 2.82. The summed E-state index contributed by atoms with van der Waals surface area (Å²) >= 11 is 5.74. The van der Waals surface area contributed by atoms with Crippen molar-refractivity contribution >= 4 is 29.2 Å². The summed E-state index contributed by atoms with van der Waals surface area (Å²) in [5, 5.41) is 11.8. The van der Waals surface area contributed by atoms with E-state index in [1.54, 1.807) is 13.8 Å². The molecule has 0 fully saturated rings. The lowest BCUT2D eigenvalue weighted by atomic mass is 10.0. The van der Waals surface area contributed by atoms with Gasteiger partial charge in [-0.1, -0.05) is 25.4 Å². The van der Waals surface area contributed by atoms with E-state index in [4.69, 9.17) is 22.4 Å². The first-order valence-corrected chi connectivity index (χ1v) is 5.79. The van der Waals surface area contributed by atoms with E-state index in [0.717, 1.165) is 0 Å². The minimum absolute atomic E-state index is 0.212. The summed E-state index contributed by atoms with van der Waals surface area (Å²) in [5.41, 5.74) is 6.14. The second-order valence-corrected chi connectivity index (χ2v) is 4.68. The van der Waals surface area contributed by atoms with Gasteiger partial charge in [0.15, 0.2) is 0 Å². The van der Waals surface area contributed by atoms with E-state index < -0.39 is 17.9 Å². The molecule has 0 aliphatic rings. The summed E-state index contributed by atoms with van der Waals surface area (Å²) in [6, 6.07) is 3.47. The SMILES string of the molecule is CC(C)[C@H](NC(=O)c1ccc(Cl)c(N)c1)C(=O)O. The molecular formula is C12H15ClN2O3. The molecule has 0 heterocycles. The van der Waals surface area contributed by atoms with Crippen molar-refractivity contribution in [2.24, 2.45) is 5.92 Å². The van der Waals surface area contributed by atoms with E-state index in [9.17, 15) is 9.59 Å². The summed E-state index contributed by atoms with van der Waals surface area (Å²) in [6.45, 7) is 3.44. The van der Waals surface area contributed by atoms with Gasteiger partial charge < -0.3 is 16.2 Å². The first-order valence-electron chi connectivity index (χ1n) is 5.41. The van der Waals surface area contributed by atoms with Crippen LogP contribution < -0.4 is 11.1 Å². The zero-order valence-corrected chi connectivity index (χ0v) is 10.9. The third kappa shape index (κ3) is 3.37. The van der Waals surface area contributed by atoms with E-state index in [-0.39, 0.29) is 17.2 Å². The normalized spacial score (nSPS) is 12.2. The van der Waals surface area contributed by atoms with Crippen LogP contribution >= 0.6 is 11.6 Å². The van der Waals surface area contributed by atoms with E-state index in [1.807, 2.05) is 0 Å². The lowest BCUT2D eigenvalue weighted by Crippen LogP contribution is -2.44. The molecule has 0 aromatic heterocycles. The van der Waals surface area contributed by atoms with Crippen LogP contribution in [0.5, 0.6) is 0 Å². The molecule has 6 heteroatoms. The number of carboxylic acid groups (broad SMARTS) is 1. The maximum absolute atomic E-state index is 11.9. The third-order valence-electron chi connectivity index (χ3n) is 2.48. The molecule has 1 amide bonds. The largest absolute Gasteiger partial charge is 0.480 e. The summed E-state index contributed by atoms with van der Waals surface area (Å²) < 4.78 is 0. The van der Waals surface area contributed by atoms with Crippen LogP contribution in [0.3, 0.4) is 0 Å². The Morgan fingerprint density at radius 3 is 2.44 bits per heavy atom. The molecule has 0 aliphatic heterocycles. The zero-order chi connectivity index (χ0) is 13.9. The van der Waals surface area contributed by atoms with Crippen molar-refractivity contribution in [3.63, 3.8) is 0 Å². The van der Waals surface area contributed by atoms with Gasteiger partial charge in [-0.25, -0.2) is 4.79 Å². The highest BCUT2D eigenvalue weighted by atomic mass is 35.5. The van der Waals surface area contributed by atoms with Gasteiger partial charge in [-0.2, -0.15) is 0 Å². The quantitative estimate of drug-likeness (QED) is 0.727. The summed E-state index contributed by atoms with van der Waals surface area (Å²) in [5.74, 6) is -1.77. The van der Waals surface area contributed by atoms with E-state index >= 15 is 0 Å². The molecule has 1 atom stereocenters. The molecule has 4 N–H and O–H groups in total. The zero-order valence-electron chi connectivity index (χ0n) is 10.1. The lowest BCUT2D eigenvalue weighted by molar-refractivity contribution is -0.140. The molecular weight excluding hydrogens is 256 g/mol. The molecule has 18 heavy (non-hydrogen) atoms. The van der Waals surface area contributed by atoms with Gasteiger partial charge in [0.2, 0.25) is 0 Å². The Kier molecular flexibility index (Phi) is 4.55. The number of aliphatic carboxylic acids is 1. The molecule has 0 saturated carbocycles. The molecule has 1 aromatic carbocycles. The molecule has 5 nitrogen and oxygen atoms in total. The number of carbonyl (C=O) groups excluding carboxylic acids is 1. The fourth-order valence-corrected chi connectivity index (χ4v) is 1.54. The molecule has 1 aromatic rings. The highest BCUT2D eigenvalue weighted by Crippen LogP contribution is 2.19. The highest BCUT2D eigenvalue weighted by Gasteiger charge is 2.24. The lowest BCUT2D eigenvalue weighted by Gasteiger charge is -2.18. The molecule has 1 rings (SSSR count). The predicted molar refractivity (Wildman–Crippen MR) is 69.6 cm³/mol. The number of carboxylic acids is 1. The number of hydrogen-bond acceptors (Lipinski definition) is 3. The Labute approximate surface area is 110 Å². The van der Waals surface area contributed by atoms with E-state index in [0.29, 0.717) is 5.02 Å². The molecule has 98 valence electrons. The van der Waals surface area contributed by atoms with E-state index in [2.05, 4.69) is 5.32 Å². The van der Waals surface area contributed by atoms with Gasteiger partial charge in [0, 0.05) is 5.56 Å². The van der Waals surface area contributed by atoms with Gasteiger partial charge in [-0.3, -0.25) is 4.79 Å². The molecule has 0 saturated heterocycles. The Bertz CT molecular complexity index is 474. The standard InChI is InChI=1S/C12H15ClN2O3/c1-6(2)10(12(17)18)15-11(16)7-3-4-8(13)9(14)5-7/h3-6,10H,14H2,1-2H3,(H,15,16)(H,17,18)/t10-/m0/s1. The summed E-state index contributed by atoms with van der Waals surface area (Å²) in [7, 11) is 0. The van der Waals surface area contributed by atoms with Gasteiger partial charge in [0.25, 0.3) is 5.91 Å². The van der Waals surface area contributed by atoms with Crippen LogP contribution in [0.25, 0.3) is 0 Å². The average Bonchev–Trinajstić information content (AvgIpc) is 2.28. The first-order chi connectivity index (χ1) is 8.32. The fraction of sp³-hybridized carbons (Fsp3) is 0.333. The Morgan fingerprint density at radius 1 is 1.39 bits per heavy atom. The first kappa shape index (κ1) is 14.3. The maximum Gasteiger partial charge on any atom is 0.326 e. The Morgan fingerprint density at radius 2 is 2.00 bits per heavy atom. The van der Waals surface area contributed by atoms with Gasteiger partial charge in [-0.05, 0) is 24.1 Å². The number of rotatable bonds is 4. The number of nitrogens with one attached hydrogen (secondary N) is 1. The van der Waals surface area contributed by atoms with Crippen molar-refractivity contribution in [1.82, 2.24) is 5.32 Å². The Balaban J connectivity index is 2.87.